The Bertz CT molecular complexity index is 590. The smallest absolute Gasteiger partial charge is 0.360 e. The molecule has 0 aliphatic carbocycles. The van der Waals surface area contributed by atoms with E-state index < -0.39 is 29.9 Å². The number of aromatic nitrogens is 1. The van der Waals surface area contributed by atoms with Gasteiger partial charge in [-0.3, -0.25) is 4.79 Å². The number of carbonyl (C=O) groups excluding carboxylic acids is 2. The molecule has 1 aromatic heterocycles. The van der Waals surface area contributed by atoms with Gasteiger partial charge in [0.15, 0.2) is 5.13 Å². The lowest BCUT2D eigenvalue weighted by Gasteiger charge is -2.18. The third kappa shape index (κ3) is 5.87. The molecule has 0 saturated heterocycles. The highest BCUT2D eigenvalue weighted by molar-refractivity contribution is 7.14. The summed E-state index contributed by atoms with van der Waals surface area (Å²) in [6.07, 6.45) is 0.416. The fraction of sp³-hybridized carbons (Fsp3) is 0.417. The van der Waals surface area contributed by atoms with Crippen LogP contribution >= 0.6 is 11.3 Å². The lowest BCUT2D eigenvalue weighted by molar-refractivity contribution is -0.160. The molecule has 0 fully saturated rings. The maximum Gasteiger partial charge on any atom is 0.360 e. The number of carboxylic acid groups (broad SMARTS) is 1. The molecule has 0 aliphatic heterocycles. The molecular weight excluding hydrogens is 314 g/mol. The van der Waals surface area contributed by atoms with Crippen molar-refractivity contribution in [1.29, 1.82) is 0 Å². The van der Waals surface area contributed by atoms with Gasteiger partial charge in [-0.2, -0.15) is 0 Å². The Morgan fingerprint density at radius 2 is 2.18 bits per heavy atom. The van der Waals surface area contributed by atoms with Crippen molar-refractivity contribution in [3.8, 4) is 0 Å². The minimum absolute atomic E-state index is 0.00559. The van der Waals surface area contributed by atoms with Crippen molar-refractivity contribution in [3.63, 3.8) is 0 Å². The van der Waals surface area contributed by atoms with E-state index in [0.717, 1.165) is 11.3 Å². The van der Waals surface area contributed by atoms with Crippen LogP contribution in [0.25, 0.3) is 0 Å². The Balaban J connectivity index is 2.72. The molecule has 1 amide bonds. The highest BCUT2D eigenvalue weighted by Gasteiger charge is 2.19. The van der Waals surface area contributed by atoms with Gasteiger partial charge in [-0.1, -0.05) is 5.16 Å². The predicted molar refractivity (Wildman–Crippen MR) is 77.8 cm³/mol. The number of nitrogens with zero attached hydrogens (tertiary/aromatic N) is 2. The normalized spacial score (nSPS) is 11.7. The van der Waals surface area contributed by atoms with E-state index in [2.05, 4.69) is 15.5 Å². The number of hydrogen-bond acceptors (Lipinski definition) is 8. The molecule has 120 valence electrons. The molecule has 0 saturated carbocycles. The van der Waals surface area contributed by atoms with Gasteiger partial charge in [-0.15, -0.1) is 11.3 Å². The Labute approximate surface area is 129 Å². The number of esters is 1. The average molecular weight is 329 g/mol. The number of amides is 1. The quantitative estimate of drug-likeness (QED) is 0.328. The van der Waals surface area contributed by atoms with Crippen LogP contribution in [-0.4, -0.2) is 46.4 Å². The van der Waals surface area contributed by atoms with Gasteiger partial charge in [0.05, 0.1) is 0 Å². The summed E-state index contributed by atoms with van der Waals surface area (Å²) in [5, 5.41) is 16.3. The molecule has 1 aromatic rings. The van der Waals surface area contributed by atoms with E-state index in [0.29, 0.717) is 6.41 Å². The van der Waals surface area contributed by atoms with E-state index >= 15 is 0 Å². The van der Waals surface area contributed by atoms with Crippen molar-refractivity contribution in [2.24, 2.45) is 5.16 Å². The summed E-state index contributed by atoms with van der Waals surface area (Å²) in [6.45, 7) is 4.53. The van der Waals surface area contributed by atoms with E-state index in [9.17, 15) is 14.4 Å². The van der Waals surface area contributed by atoms with Gasteiger partial charge in [-0.25, -0.2) is 14.6 Å². The summed E-state index contributed by atoms with van der Waals surface area (Å²) in [7, 11) is 0. The number of nitrogens with one attached hydrogen (secondary N) is 1. The van der Waals surface area contributed by atoms with Gasteiger partial charge in [0, 0.05) is 5.38 Å². The Morgan fingerprint density at radius 1 is 1.50 bits per heavy atom. The van der Waals surface area contributed by atoms with Gasteiger partial charge in [0.1, 0.15) is 11.3 Å². The Hall–Kier alpha value is -2.49. The number of oxime groups is 1. The minimum Gasteiger partial charge on any atom is -0.476 e. The van der Waals surface area contributed by atoms with Crippen LogP contribution in [0.2, 0.25) is 0 Å². The van der Waals surface area contributed by atoms with Crippen LogP contribution < -0.4 is 5.32 Å². The number of rotatable bonds is 7. The van der Waals surface area contributed by atoms with Crippen molar-refractivity contribution in [1.82, 2.24) is 4.98 Å². The topological polar surface area (TPSA) is 127 Å². The van der Waals surface area contributed by atoms with E-state index in [-0.39, 0.29) is 10.8 Å². The first kappa shape index (κ1) is 17.6. The Kier molecular flexibility index (Phi) is 5.99. The molecule has 0 radical (unpaired) electrons. The molecule has 2 N–H and O–H groups in total. The summed E-state index contributed by atoms with van der Waals surface area (Å²) in [4.78, 5) is 41.4. The number of anilines is 1. The molecule has 0 atom stereocenters. The monoisotopic (exact) mass is 329 g/mol. The Morgan fingerprint density at radius 3 is 2.73 bits per heavy atom. The average Bonchev–Trinajstić information content (AvgIpc) is 2.80. The zero-order chi connectivity index (χ0) is 16.8. The zero-order valence-corrected chi connectivity index (χ0v) is 13.0. The van der Waals surface area contributed by atoms with Crippen molar-refractivity contribution in [2.45, 2.75) is 26.4 Å². The third-order valence-corrected chi connectivity index (χ3v) is 2.66. The second-order valence-electron chi connectivity index (χ2n) is 4.91. The van der Waals surface area contributed by atoms with Crippen LogP contribution in [-0.2, 0) is 24.0 Å². The van der Waals surface area contributed by atoms with Gasteiger partial charge >= 0.3 is 11.9 Å². The lowest BCUT2D eigenvalue weighted by Crippen LogP contribution is -2.26. The number of aliphatic carboxylic acids is 1. The molecule has 0 spiro atoms. The molecule has 0 bridgehead atoms. The molecule has 10 heteroatoms. The molecule has 22 heavy (non-hydrogen) atoms. The summed E-state index contributed by atoms with van der Waals surface area (Å²) < 4.78 is 4.98. The van der Waals surface area contributed by atoms with Crippen molar-refractivity contribution >= 4 is 40.5 Å². The number of carboxylic acids is 1. The van der Waals surface area contributed by atoms with Gasteiger partial charge in [0.25, 0.3) is 0 Å². The predicted octanol–water partition coefficient (Wildman–Crippen LogP) is 0.858. The second kappa shape index (κ2) is 7.50. The maximum absolute atomic E-state index is 11.4. The summed E-state index contributed by atoms with van der Waals surface area (Å²) >= 11 is 1.02. The summed E-state index contributed by atoms with van der Waals surface area (Å²) in [5.41, 5.74) is -1.16. The molecule has 1 rings (SSSR count). The highest BCUT2D eigenvalue weighted by Crippen LogP contribution is 2.15. The van der Waals surface area contributed by atoms with Crippen LogP contribution in [0, 0.1) is 0 Å². The van der Waals surface area contributed by atoms with Crippen molar-refractivity contribution < 1.29 is 29.1 Å². The number of ether oxygens (including phenoxy) is 1. The zero-order valence-electron chi connectivity index (χ0n) is 12.2. The molecule has 9 nitrogen and oxygen atoms in total. The molecule has 1 heterocycles. The van der Waals surface area contributed by atoms with E-state index in [1.54, 1.807) is 20.8 Å². The fourth-order valence-corrected chi connectivity index (χ4v) is 1.87. The fourth-order valence-electron chi connectivity index (χ4n) is 1.22. The second-order valence-corrected chi connectivity index (χ2v) is 5.76. The minimum atomic E-state index is -1.38. The first-order valence-electron chi connectivity index (χ1n) is 6.04. The lowest BCUT2D eigenvalue weighted by atomic mass is 10.2. The molecule has 0 aromatic carbocycles. The largest absolute Gasteiger partial charge is 0.476 e. The van der Waals surface area contributed by atoms with E-state index in [4.69, 9.17) is 14.7 Å². The van der Waals surface area contributed by atoms with Crippen molar-refractivity contribution in [2.75, 3.05) is 11.9 Å². The SMILES string of the molecule is CC(C)(C)OC(=O)CO/N=C(/C(=O)O)c1csc(NC=O)n1. The number of thiazole rings is 1. The third-order valence-electron chi connectivity index (χ3n) is 1.89. The molecular formula is C12H15N3O6S. The first-order valence-corrected chi connectivity index (χ1v) is 6.92. The maximum atomic E-state index is 11.4. The first-order chi connectivity index (χ1) is 10.2. The highest BCUT2D eigenvalue weighted by atomic mass is 32.1. The molecule has 0 unspecified atom stereocenters. The molecule has 0 aliphatic rings. The van der Waals surface area contributed by atoms with Crippen LogP contribution in [0.4, 0.5) is 5.13 Å². The van der Waals surface area contributed by atoms with Gasteiger partial charge < -0.3 is 20.0 Å². The number of carbonyl (C=O) groups is 3. The van der Waals surface area contributed by atoms with Crippen LogP contribution in [0.1, 0.15) is 26.5 Å². The van der Waals surface area contributed by atoms with E-state index in [1.807, 2.05) is 0 Å². The van der Waals surface area contributed by atoms with Crippen LogP contribution in [0.5, 0.6) is 0 Å². The van der Waals surface area contributed by atoms with Crippen molar-refractivity contribution in [3.05, 3.63) is 11.1 Å². The van der Waals surface area contributed by atoms with E-state index in [1.165, 1.54) is 5.38 Å². The number of hydrogen-bond donors (Lipinski definition) is 2. The summed E-state index contributed by atoms with van der Waals surface area (Å²) in [6, 6.07) is 0. The standard InChI is InChI=1S/C12H15N3O6S/c1-12(2,3)21-8(17)4-20-15-9(10(18)19)7-5-22-11(14-7)13-6-16/h5-6H,4H2,1-3H3,(H,18,19)(H,13,14,16)/b15-9+. The van der Waals surface area contributed by atoms with Crippen LogP contribution in [0.15, 0.2) is 10.5 Å². The van der Waals surface area contributed by atoms with Gasteiger partial charge in [0.2, 0.25) is 18.7 Å². The van der Waals surface area contributed by atoms with Crippen LogP contribution in [0.3, 0.4) is 0 Å². The summed E-state index contributed by atoms with van der Waals surface area (Å²) in [5.74, 6) is -2.06. The van der Waals surface area contributed by atoms with Gasteiger partial charge in [-0.05, 0) is 20.8 Å².